The lowest BCUT2D eigenvalue weighted by Gasteiger charge is -2.17. The van der Waals surface area contributed by atoms with E-state index in [1.165, 1.54) is 0 Å². The van der Waals surface area contributed by atoms with Crippen molar-refractivity contribution in [2.45, 2.75) is 20.3 Å². The van der Waals surface area contributed by atoms with Crippen molar-refractivity contribution in [1.29, 1.82) is 0 Å². The van der Waals surface area contributed by atoms with E-state index in [9.17, 15) is 9.90 Å². The first kappa shape index (κ1) is 16.3. The van der Waals surface area contributed by atoms with E-state index in [2.05, 4.69) is 24.1 Å². The van der Waals surface area contributed by atoms with E-state index in [4.69, 9.17) is 0 Å². The minimum atomic E-state index is -0.220. The SMILES string of the molecule is CCN(CC)CCCNC(=O)c1ccc2ccccc2c1O. The maximum absolute atomic E-state index is 12.2. The normalized spacial score (nSPS) is 11.0. The molecule has 0 aliphatic carbocycles. The third kappa shape index (κ3) is 3.77. The van der Waals surface area contributed by atoms with Crippen molar-refractivity contribution in [2.75, 3.05) is 26.2 Å². The number of carbonyl (C=O) groups is 1. The Morgan fingerprint density at radius 1 is 1.14 bits per heavy atom. The van der Waals surface area contributed by atoms with E-state index in [0.717, 1.165) is 31.4 Å². The van der Waals surface area contributed by atoms with Crippen LogP contribution in [0.15, 0.2) is 36.4 Å². The first-order valence-electron chi connectivity index (χ1n) is 7.88. The molecular weight excluding hydrogens is 276 g/mol. The van der Waals surface area contributed by atoms with Crippen molar-refractivity contribution in [2.24, 2.45) is 0 Å². The van der Waals surface area contributed by atoms with Gasteiger partial charge in [0.05, 0.1) is 5.56 Å². The van der Waals surface area contributed by atoms with Crippen LogP contribution in [0.1, 0.15) is 30.6 Å². The van der Waals surface area contributed by atoms with E-state index in [0.29, 0.717) is 17.5 Å². The van der Waals surface area contributed by atoms with Crippen LogP contribution in [-0.4, -0.2) is 42.1 Å². The van der Waals surface area contributed by atoms with Gasteiger partial charge in [0.2, 0.25) is 0 Å². The highest BCUT2D eigenvalue weighted by Crippen LogP contribution is 2.28. The summed E-state index contributed by atoms with van der Waals surface area (Å²) in [5.74, 6) is -0.165. The Morgan fingerprint density at radius 2 is 1.86 bits per heavy atom. The van der Waals surface area contributed by atoms with Crippen molar-refractivity contribution in [3.8, 4) is 5.75 Å². The summed E-state index contributed by atoms with van der Waals surface area (Å²) in [7, 11) is 0. The number of benzene rings is 2. The van der Waals surface area contributed by atoms with Crippen molar-refractivity contribution < 1.29 is 9.90 Å². The predicted octanol–water partition coefficient (Wildman–Crippen LogP) is 3.01. The number of fused-ring (bicyclic) bond motifs is 1. The molecule has 0 bridgehead atoms. The highest BCUT2D eigenvalue weighted by Gasteiger charge is 2.13. The predicted molar refractivity (Wildman–Crippen MR) is 90.4 cm³/mol. The summed E-state index contributed by atoms with van der Waals surface area (Å²) in [5, 5.41) is 14.8. The van der Waals surface area contributed by atoms with E-state index in [1.54, 1.807) is 6.07 Å². The van der Waals surface area contributed by atoms with Gasteiger partial charge < -0.3 is 15.3 Å². The standard InChI is InChI=1S/C18H24N2O2/c1-3-20(4-2)13-7-12-19-18(22)16-11-10-14-8-5-6-9-15(14)17(16)21/h5-6,8-11,21H,3-4,7,12-13H2,1-2H3,(H,19,22). The number of hydrogen-bond donors (Lipinski definition) is 2. The van der Waals surface area contributed by atoms with E-state index < -0.39 is 0 Å². The van der Waals surface area contributed by atoms with Gasteiger partial charge in [-0.1, -0.05) is 44.2 Å². The maximum atomic E-state index is 12.2. The Morgan fingerprint density at radius 3 is 2.59 bits per heavy atom. The molecule has 0 unspecified atom stereocenters. The van der Waals surface area contributed by atoms with Gasteiger partial charge >= 0.3 is 0 Å². The quantitative estimate of drug-likeness (QED) is 0.773. The molecule has 0 atom stereocenters. The average Bonchev–Trinajstić information content (AvgIpc) is 2.55. The zero-order valence-electron chi connectivity index (χ0n) is 13.3. The van der Waals surface area contributed by atoms with Crippen molar-refractivity contribution in [3.63, 3.8) is 0 Å². The molecule has 0 saturated heterocycles. The van der Waals surface area contributed by atoms with Gasteiger partial charge in [0, 0.05) is 11.9 Å². The van der Waals surface area contributed by atoms with Crippen LogP contribution in [0, 0.1) is 0 Å². The van der Waals surface area contributed by atoms with E-state index in [-0.39, 0.29) is 11.7 Å². The molecule has 2 rings (SSSR count). The van der Waals surface area contributed by atoms with Crippen LogP contribution >= 0.6 is 0 Å². The molecule has 0 aliphatic heterocycles. The van der Waals surface area contributed by atoms with Gasteiger partial charge in [-0.2, -0.15) is 0 Å². The summed E-state index contributed by atoms with van der Waals surface area (Å²) in [4.78, 5) is 14.5. The largest absolute Gasteiger partial charge is 0.506 e. The molecule has 22 heavy (non-hydrogen) atoms. The van der Waals surface area contributed by atoms with E-state index in [1.807, 2.05) is 30.3 Å². The molecule has 2 N–H and O–H groups in total. The fraction of sp³-hybridized carbons (Fsp3) is 0.389. The zero-order valence-corrected chi connectivity index (χ0v) is 13.3. The number of nitrogens with zero attached hydrogens (tertiary/aromatic N) is 1. The van der Waals surface area contributed by atoms with Gasteiger partial charge in [-0.15, -0.1) is 0 Å². The zero-order chi connectivity index (χ0) is 15.9. The molecule has 0 spiro atoms. The first-order valence-corrected chi connectivity index (χ1v) is 7.88. The van der Waals surface area contributed by atoms with Crippen molar-refractivity contribution in [3.05, 3.63) is 42.0 Å². The molecule has 0 saturated carbocycles. The summed E-state index contributed by atoms with van der Waals surface area (Å²) < 4.78 is 0. The number of hydrogen-bond acceptors (Lipinski definition) is 3. The second-order valence-electron chi connectivity index (χ2n) is 5.32. The molecule has 118 valence electrons. The summed E-state index contributed by atoms with van der Waals surface area (Å²) in [5.41, 5.74) is 0.335. The van der Waals surface area contributed by atoms with Crippen LogP contribution in [0.4, 0.5) is 0 Å². The Bertz CT molecular complexity index is 636. The van der Waals surface area contributed by atoms with Gasteiger partial charge in [-0.25, -0.2) is 0 Å². The van der Waals surface area contributed by atoms with Gasteiger partial charge in [0.15, 0.2) is 0 Å². The Hall–Kier alpha value is -2.07. The fourth-order valence-corrected chi connectivity index (χ4v) is 2.58. The van der Waals surface area contributed by atoms with Crippen molar-refractivity contribution in [1.82, 2.24) is 10.2 Å². The highest BCUT2D eigenvalue weighted by molar-refractivity contribution is 6.03. The number of phenols is 1. The average molecular weight is 300 g/mol. The molecule has 0 aromatic heterocycles. The number of aromatic hydroxyl groups is 1. The van der Waals surface area contributed by atoms with Gasteiger partial charge in [0.1, 0.15) is 5.75 Å². The van der Waals surface area contributed by atoms with Crippen LogP contribution in [0.2, 0.25) is 0 Å². The molecular formula is C18H24N2O2. The second kappa shape index (κ2) is 7.80. The first-order chi connectivity index (χ1) is 10.7. The summed E-state index contributed by atoms with van der Waals surface area (Å²) >= 11 is 0. The van der Waals surface area contributed by atoms with E-state index >= 15 is 0 Å². The fourth-order valence-electron chi connectivity index (χ4n) is 2.58. The molecule has 4 nitrogen and oxygen atoms in total. The number of rotatable bonds is 7. The summed E-state index contributed by atoms with van der Waals surface area (Å²) in [6, 6.07) is 11.0. The van der Waals surface area contributed by atoms with Crippen LogP contribution in [0.5, 0.6) is 5.75 Å². The molecule has 1 amide bonds. The summed E-state index contributed by atoms with van der Waals surface area (Å²) in [6.45, 7) is 7.90. The number of nitrogens with one attached hydrogen (secondary N) is 1. The number of carbonyl (C=O) groups excluding carboxylic acids is 1. The maximum Gasteiger partial charge on any atom is 0.255 e. The Kier molecular flexibility index (Phi) is 5.78. The molecule has 2 aromatic rings. The van der Waals surface area contributed by atoms with Gasteiger partial charge in [-0.3, -0.25) is 4.79 Å². The molecule has 0 heterocycles. The monoisotopic (exact) mass is 300 g/mol. The van der Waals surface area contributed by atoms with Gasteiger partial charge in [0.25, 0.3) is 5.91 Å². The molecule has 0 aliphatic rings. The minimum absolute atomic E-state index is 0.0549. The molecule has 0 fully saturated rings. The van der Waals surface area contributed by atoms with Gasteiger partial charge in [-0.05, 0) is 37.5 Å². The Labute approximate surface area is 131 Å². The van der Waals surface area contributed by atoms with Crippen LogP contribution < -0.4 is 5.32 Å². The lowest BCUT2D eigenvalue weighted by molar-refractivity contribution is 0.0949. The minimum Gasteiger partial charge on any atom is -0.506 e. The topological polar surface area (TPSA) is 52.6 Å². The smallest absolute Gasteiger partial charge is 0.255 e. The lowest BCUT2D eigenvalue weighted by atomic mass is 10.0. The summed E-state index contributed by atoms with van der Waals surface area (Å²) in [6.07, 6.45) is 0.905. The highest BCUT2D eigenvalue weighted by atomic mass is 16.3. The van der Waals surface area contributed by atoms with Crippen molar-refractivity contribution >= 4 is 16.7 Å². The third-order valence-electron chi connectivity index (χ3n) is 3.98. The lowest BCUT2D eigenvalue weighted by Crippen LogP contribution is -2.29. The molecule has 0 radical (unpaired) electrons. The Balaban J connectivity index is 1.97. The number of amides is 1. The molecule has 4 heteroatoms. The third-order valence-corrected chi connectivity index (χ3v) is 3.98. The van der Waals surface area contributed by atoms with Crippen LogP contribution in [0.3, 0.4) is 0 Å². The number of phenolic OH excluding ortho intramolecular Hbond substituents is 1. The molecule has 2 aromatic carbocycles. The second-order valence-corrected chi connectivity index (χ2v) is 5.32. The van der Waals surface area contributed by atoms with Crippen LogP contribution in [-0.2, 0) is 0 Å². The van der Waals surface area contributed by atoms with Crippen LogP contribution in [0.25, 0.3) is 10.8 Å².